The van der Waals surface area contributed by atoms with Crippen LogP contribution in [0.1, 0.15) is 68.8 Å². The lowest BCUT2D eigenvalue weighted by Gasteiger charge is -2.44. The van der Waals surface area contributed by atoms with E-state index in [0.29, 0.717) is 50.6 Å². The zero-order valence-corrected chi connectivity index (χ0v) is 20.6. The highest BCUT2D eigenvalue weighted by molar-refractivity contribution is 6.00. The molecule has 1 aromatic rings. The summed E-state index contributed by atoms with van der Waals surface area (Å²) in [6.45, 7) is 10.5. The van der Waals surface area contributed by atoms with Crippen molar-refractivity contribution < 1.29 is 19.1 Å². The topological polar surface area (TPSA) is 70.2 Å². The van der Waals surface area contributed by atoms with Crippen molar-refractivity contribution in [2.24, 2.45) is 5.92 Å². The summed E-state index contributed by atoms with van der Waals surface area (Å²) in [5.41, 5.74) is 0.926. The van der Waals surface area contributed by atoms with Crippen molar-refractivity contribution in [3.63, 3.8) is 0 Å². The van der Waals surface area contributed by atoms with Crippen LogP contribution in [0.25, 0.3) is 0 Å². The second-order valence-corrected chi connectivity index (χ2v) is 10.3. The molecule has 1 aromatic carbocycles. The quantitative estimate of drug-likeness (QED) is 0.602. The van der Waals surface area contributed by atoms with Gasteiger partial charge in [0.05, 0.1) is 0 Å². The van der Waals surface area contributed by atoms with Crippen molar-refractivity contribution in [2.75, 3.05) is 32.7 Å². The molecule has 2 aliphatic rings. The van der Waals surface area contributed by atoms with Gasteiger partial charge in [-0.2, -0.15) is 0 Å². The van der Waals surface area contributed by atoms with Crippen LogP contribution in [0, 0.1) is 12.8 Å². The van der Waals surface area contributed by atoms with Crippen LogP contribution in [0.15, 0.2) is 24.3 Å². The van der Waals surface area contributed by atoms with Gasteiger partial charge in [-0.25, -0.2) is 4.79 Å². The third-order valence-corrected chi connectivity index (χ3v) is 6.78. The number of hydrogen-bond acceptors (Lipinski definition) is 5. The van der Waals surface area contributed by atoms with Crippen LogP contribution in [0.4, 0.5) is 4.79 Å². The van der Waals surface area contributed by atoms with Gasteiger partial charge in [0.15, 0.2) is 0 Å². The first kappa shape index (κ1) is 25.2. The summed E-state index contributed by atoms with van der Waals surface area (Å²) in [7, 11) is 0. The van der Waals surface area contributed by atoms with Gasteiger partial charge in [0, 0.05) is 44.3 Å². The third-order valence-electron chi connectivity index (χ3n) is 6.78. The largest absolute Gasteiger partial charge is 0.444 e. The number of nitrogens with zero attached hydrogens (tertiary/aromatic N) is 3. The molecule has 3 rings (SSSR count). The fourth-order valence-corrected chi connectivity index (χ4v) is 4.99. The minimum Gasteiger partial charge on any atom is -0.444 e. The molecular formula is C26H39N3O4. The zero-order valence-electron chi connectivity index (χ0n) is 20.6. The Labute approximate surface area is 198 Å². The Morgan fingerprint density at radius 2 is 1.73 bits per heavy atom. The van der Waals surface area contributed by atoms with Crippen molar-refractivity contribution in [2.45, 2.75) is 71.4 Å². The van der Waals surface area contributed by atoms with Crippen LogP contribution in [0.3, 0.4) is 0 Å². The van der Waals surface area contributed by atoms with Gasteiger partial charge in [-0.1, -0.05) is 37.5 Å². The predicted octanol–water partition coefficient (Wildman–Crippen LogP) is 4.10. The smallest absolute Gasteiger partial charge is 0.410 e. The summed E-state index contributed by atoms with van der Waals surface area (Å²) in [6.07, 6.45) is 6.25. The molecule has 1 aliphatic carbocycles. The van der Waals surface area contributed by atoms with Crippen LogP contribution >= 0.6 is 0 Å². The number of amides is 3. The van der Waals surface area contributed by atoms with E-state index < -0.39 is 5.60 Å². The number of rotatable bonds is 6. The summed E-state index contributed by atoms with van der Waals surface area (Å²) in [5.74, 6) is 0.204. The Balaban J connectivity index is 1.71. The molecule has 0 spiro atoms. The van der Waals surface area contributed by atoms with E-state index in [1.165, 1.54) is 24.2 Å². The maximum atomic E-state index is 13.2. The van der Waals surface area contributed by atoms with Crippen molar-refractivity contribution in [1.82, 2.24) is 14.7 Å². The van der Waals surface area contributed by atoms with E-state index in [9.17, 15) is 14.4 Å². The molecule has 1 aliphatic heterocycles. The summed E-state index contributed by atoms with van der Waals surface area (Å²) in [4.78, 5) is 43.2. The molecule has 3 amide bonds. The molecule has 0 radical (unpaired) electrons. The van der Waals surface area contributed by atoms with Gasteiger partial charge in [0.2, 0.25) is 6.41 Å². The van der Waals surface area contributed by atoms with E-state index in [1.807, 2.05) is 45.9 Å². The first-order valence-electron chi connectivity index (χ1n) is 12.2. The number of carbonyl (C=O) groups is 3. The highest BCUT2D eigenvalue weighted by atomic mass is 16.6. The number of aryl methyl sites for hydroxylation is 1. The zero-order chi connectivity index (χ0) is 24.0. The minimum atomic E-state index is -0.515. The molecule has 7 heteroatoms. The highest BCUT2D eigenvalue weighted by Crippen LogP contribution is 2.30. The van der Waals surface area contributed by atoms with Crippen molar-refractivity contribution in [3.05, 3.63) is 35.4 Å². The van der Waals surface area contributed by atoms with E-state index in [-0.39, 0.29) is 18.0 Å². The number of hydrogen-bond donors (Lipinski definition) is 0. The first-order valence-corrected chi connectivity index (χ1v) is 12.2. The number of imide groups is 1. The molecule has 1 saturated heterocycles. The maximum Gasteiger partial charge on any atom is 0.410 e. The molecule has 0 bridgehead atoms. The number of benzene rings is 1. The Kier molecular flexibility index (Phi) is 8.51. The molecule has 2 fully saturated rings. The van der Waals surface area contributed by atoms with E-state index in [4.69, 9.17) is 4.74 Å². The van der Waals surface area contributed by atoms with Gasteiger partial charge in [-0.05, 0) is 58.1 Å². The van der Waals surface area contributed by atoms with Crippen LogP contribution in [0.5, 0.6) is 0 Å². The molecule has 0 aromatic heterocycles. The molecule has 1 heterocycles. The Hall–Kier alpha value is -2.41. The van der Waals surface area contributed by atoms with Gasteiger partial charge in [-0.3, -0.25) is 19.4 Å². The summed E-state index contributed by atoms with van der Waals surface area (Å²) < 4.78 is 5.53. The molecule has 7 nitrogen and oxygen atoms in total. The highest BCUT2D eigenvalue weighted by Gasteiger charge is 2.35. The lowest BCUT2D eigenvalue weighted by molar-refractivity contribution is -0.117. The van der Waals surface area contributed by atoms with E-state index in [0.717, 1.165) is 18.4 Å². The summed E-state index contributed by atoms with van der Waals surface area (Å²) >= 11 is 0. The van der Waals surface area contributed by atoms with Crippen LogP contribution in [-0.2, 0) is 9.53 Å². The minimum absolute atomic E-state index is 0.101. The predicted molar refractivity (Wildman–Crippen MR) is 128 cm³/mol. The standard InChI is InChI=1S/C26H39N3O4/c1-20-10-8-9-13-22(20)24(31)29(19-30)18-23(21-11-6-5-7-12-21)27-14-16-28(17-15-27)25(32)33-26(2,3)4/h8-10,13,19,21,23H,5-7,11-12,14-18H2,1-4H3. The Morgan fingerprint density at radius 3 is 2.30 bits per heavy atom. The van der Waals surface area contributed by atoms with E-state index in [1.54, 1.807) is 11.0 Å². The fourth-order valence-electron chi connectivity index (χ4n) is 4.99. The maximum absolute atomic E-state index is 13.2. The van der Waals surface area contributed by atoms with Crippen LogP contribution in [-0.4, -0.2) is 77.5 Å². The van der Waals surface area contributed by atoms with Gasteiger partial charge >= 0.3 is 6.09 Å². The van der Waals surface area contributed by atoms with Gasteiger partial charge in [-0.15, -0.1) is 0 Å². The van der Waals surface area contributed by atoms with E-state index in [2.05, 4.69) is 4.90 Å². The molecule has 1 atom stereocenters. The van der Waals surface area contributed by atoms with Gasteiger partial charge in [0.25, 0.3) is 5.91 Å². The Morgan fingerprint density at radius 1 is 1.09 bits per heavy atom. The molecule has 1 saturated carbocycles. The summed E-state index contributed by atoms with van der Waals surface area (Å²) in [6, 6.07) is 7.50. The Bertz CT molecular complexity index is 821. The fraction of sp³-hybridized carbons (Fsp3) is 0.654. The second kappa shape index (κ2) is 11.1. The van der Waals surface area contributed by atoms with Crippen LogP contribution < -0.4 is 0 Å². The molecule has 0 N–H and O–H groups in total. The lowest BCUT2D eigenvalue weighted by atomic mass is 9.82. The normalized spacial score (nSPS) is 19.1. The average molecular weight is 458 g/mol. The second-order valence-electron chi connectivity index (χ2n) is 10.3. The number of piperazine rings is 1. The molecule has 33 heavy (non-hydrogen) atoms. The lowest BCUT2D eigenvalue weighted by Crippen LogP contribution is -2.57. The van der Waals surface area contributed by atoms with Crippen molar-refractivity contribution in [3.8, 4) is 0 Å². The van der Waals surface area contributed by atoms with Gasteiger partial charge in [0.1, 0.15) is 5.60 Å². The van der Waals surface area contributed by atoms with Crippen LogP contribution in [0.2, 0.25) is 0 Å². The van der Waals surface area contributed by atoms with Gasteiger partial charge < -0.3 is 9.64 Å². The number of ether oxygens (including phenoxy) is 1. The van der Waals surface area contributed by atoms with E-state index >= 15 is 0 Å². The molecular weight excluding hydrogens is 418 g/mol. The summed E-state index contributed by atoms with van der Waals surface area (Å²) in [5, 5.41) is 0. The monoisotopic (exact) mass is 457 g/mol. The average Bonchev–Trinajstić information content (AvgIpc) is 2.79. The first-order chi connectivity index (χ1) is 15.7. The number of carbonyl (C=O) groups excluding carboxylic acids is 3. The third kappa shape index (κ3) is 6.79. The molecule has 1 unspecified atom stereocenters. The van der Waals surface area contributed by atoms with Crippen molar-refractivity contribution in [1.29, 1.82) is 0 Å². The molecule has 182 valence electrons. The van der Waals surface area contributed by atoms with Crippen molar-refractivity contribution >= 4 is 18.4 Å². The SMILES string of the molecule is Cc1ccccc1C(=O)N(C=O)CC(C1CCCCC1)N1CCN(C(=O)OC(C)(C)C)CC1.